The number of imidazole rings is 1. The number of aromatic carboxylic acids is 1. The van der Waals surface area contributed by atoms with E-state index in [1.165, 1.54) is 0 Å². The van der Waals surface area contributed by atoms with E-state index >= 15 is 0 Å². The van der Waals surface area contributed by atoms with E-state index in [4.69, 9.17) is 4.74 Å². The molecular formula is C19H20ClN3O3. The summed E-state index contributed by atoms with van der Waals surface area (Å²) in [4.78, 5) is 16.1. The van der Waals surface area contributed by atoms with Crippen molar-refractivity contribution in [3.8, 4) is 5.75 Å². The van der Waals surface area contributed by atoms with Gasteiger partial charge in [0.15, 0.2) is 5.65 Å². The highest BCUT2D eigenvalue weighted by Gasteiger charge is 2.23. The van der Waals surface area contributed by atoms with E-state index in [1.807, 2.05) is 42.5 Å². The summed E-state index contributed by atoms with van der Waals surface area (Å²) in [5.41, 5.74) is 4.59. The second-order valence-electron chi connectivity index (χ2n) is 6.30. The molecule has 0 fully saturated rings. The highest BCUT2D eigenvalue weighted by molar-refractivity contribution is 5.90. The van der Waals surface area contributed by atoms with Crippen molar-refractivity contribution in [2.24, 2.45) is 0 Å². The van der Waals surface area contributed by atoms with Gasteiger partial charge in [-0.05, 0) is 26.0 Å². The van der Waals surface area contributed by atoms with Gasteiger partial charge in [0, 0.05) is 23.9 Å². The Balaban J connectivity index is 0.00000196. The maximum Gasteiger partial charge on any atom is 0.337 e. The van der Waals surface area contributed by atoms with Crippen LogP contribution in [-0.2, 0) is 0 Å². The van der Waals surface area contributed by atoms with Gasteiger partial charge in [-0.3, -0.25) is 0 Å². The molecule has 1 atom stereocenters. The van der Waals surface area contributed by atoms with Crippen molar-refractivity contribution in [1.29, 1.82) is 0 Å². The number of aromatic nitrogens is 2. The molecule has 1 aliphatic heterocycles. The molecule has 1 unspecified atom stereocenters. The molecule has 2 aromatic heterocycles. The lowest BCUT2D eigenvalue weighted by atomic mass is 10.0. The van der Waals surface area contributed by atoms with Crippen LogP contribution in [0.5, 0.6) is 5.75 Å². The zero-order valence-electron chi connectivity index (χ0n) is 14.5. The van der Waals surface area contributed by atoms with Crippen molar-refractivity contribution in [1.82, 2.24) is 9.38 Å². The first-order valence-corrected chi connectivity index (χ1v) is 8.25. The van der Waals surface area contributed by atoms with Crippen molar-refractivity contribution < 1.29 is 14.6 Å². The quantitative estimate of drug-likeness (QED) is 0.725. The number of benzene rings is 1. The summed E-state index contributed by atoms with van der Waals surface area (Å²) in [7, 11) is 0. The Morgan fingerprint density at radius 3 is 2.88 bits per heavy atom. The van der Waals surface area contributed by atoms with E-state index in [-0.39, 0.29) is 24.0 Å². The Kier molecular flexibility index (Phi) is 4.78. The van der Waals surface area contributed by atoms with Gasteiger partial charge in [0.2, 0.25) is 0 Å². The predicted octanol–water partition coefficient (Wildman–Crippen LogP) is 4.01. The zero-order chi connectivity index (χ0) is 17.6. The lowest BCUT2D eigenvalue weighted by molar-refractivity contribution is 0.0696. The van der Waals surface area contributed by atoms with Gasteiger partial charge >= 0.3 is 5.97 Å². The smallest absolute Gasteiger partial charge is 0.337 e. The molecule has 0 amide bonds. The SMILES string of the molecule is Cc1nc2c(NC3CCOc4ccccc43)cc(C(=O)O)cn2c1C.Cl. The third kappa shape index (κ3) is 2.97. The lowest BCUT2D eigenvalue weighted by Crippen LogP contribution is -2.21. The minimum atomic E-state index is -0.955. The molecule has 0 aliphatic carbocycles. The summed E-state index contributed by atoms with van der Waals surface area (Å²) in [6.45, 7) is 4.49. The number of halogens is 1. The first-order chi connectivity index (χ1) is 12.0. The van der Waals surface area contributed by atoms with Gasteiger partial charge in [0.1, 0.15) is 5.75 Å². The standard InChI is InChI=1S/C19H19N3O3.ClH/c1-11-12(2)22-10-13(19(23)24)9-16(18(22)20-11)21-15-7-8-25-17-6-4-3-5-14(15)17;/h3-6,9-10,15,21H,7-8H2,1-2H3,(H,23,24);1H. The Bertz CT molecular complexity index is 984. The van der Waals surface area contributed by atoms with Crippen molar-refractivity contribution in [3.63, 3.8) is 0 Å². The van der Waals surface area contributed by atoms with Crippen LogP contribution in [0.1, 0.15) is 39.8 Å². The average Bonchev–Trinajstić information content (AvgIpc) is 2.90. The van der Waals surface area contributed by atoms with Crippen molar-refractivity contribution in [3.05, 3.63) is 59.0 Å². The topological polar surface area (TPSA) is 75.9 Å². The number of hydrogen-bond donors (Lipinski definition) is 2. The first-order valence-electron chi connectivity index (χ1n) is 8.25. The van der Waals surface area contributed by atoms with Crippen LogP contribution in [0.15, 0.2) is 36.5 Å². The van der Waals surface area contributed by atoms with Gasteiger partial charge < -0.3 is 19.6 Å². The minimum Gasteiger partial charge on any atom is -0.493 e. The van der Waals surface area contributed by atoms with Crippen molar-refractivity contribution >= 4 is 29.7 Å². The number of para-hydroxylation sites is 1. The second-order valence-corrected chi connectivity index (χ2v) is 6.30. The number of ether oxygens (including phenoxy) is 1. The summed E-state index contributed by atoms with van der Waals surface area (Å²) in [5.74, 6) is -0.0876. The fourth-order valence-electron chi connectivity index (χ4n) is 3.27. The molecule has 2 N–H and O–H groups in total. The van der Waals surface area contributed by atoms with E-state index in [1.54, 1.807) is 12.3 Å². The van der Waals surface area contributed by atoms with E-state index < -0.39 is 5.97 Å². The molecule has 0 saturated heterocycles. The molecule has 0 saturated carbocycles. The molecule has 1 aromatic carbocycles. The maximum absolute atomic E-state index is 11.5. The molecule has 0 radical (unpaired) electrons. The number of nitrogens with one attached hydrogen (secondary N) is 1. The monoisotopic (exact) mass is 373 g/mol. The predicted molar refractivity (Wildman–Crippen MR) is 102 cm³/mol. The number of nitrogens with zero attached hydrogens (tertiary/aromatic N) is 2. The number of fused-ring (bicyclic) bond motifs is 2. The van der Waals surface area contributed by atoms with Gasteiger partial charge in [-0.15, -0.1) is 12.4 Å². The third-order valence-electron chi connectivity index (χ3n) is 4.73. The maximum atomic E-state index is 11.5. The van der Waals surface area contributed by atoms with Gasteiger partial charge in [0.05, 0.1) is 29.6 Å². The lowest BCUT2D eigenvalue weighted by Gasteiger charge is -2.27. The first kappa shape index (κ1) is 18.1. The number of pyridine rings is 1. The summed E-state index contributed by atoms with van der Waals surface area (Å²) >= 11 is 0. The molecule has 3 aromatic rings. The Morgan fingerprint density at radius 1 is 1.35 bits per heavy atom. The van der Waals surface area contributed by atoms with Crippen molar-refractivity contribution in [2.45, 2.75) is 26.3 Å². The number of hydrogen-bond acceptors (Lipinski definition) is 4. The minimum absolute atomic E-state index is 0. The molecule has 136 valence electrons. The van der Waals surface area contributed by atoms with E-state index in [9.17, 15) is 9.90 Å². The van der Waals surface area contributed by atoms with Crippen LogP contribution < -0.4 is 10.1 Å². The van der Waals surface area contributed by atoms with E-state index in [0.717, 1.165) is 40.5 Å². The van der Waals surface area contributed by atoms with Crippen LogP contribution in [0, 0.1) is 13.8 Å². The summed E-state index contributed by atoms with van der Waals surface area (Å²) in [6.07, 6.45) is 2.43. The summed E-state index contributed by atoms with van der Waals surface area (Å²) in [5, 5.41) is 12.9. The molecule has 0 bridgehead atoms. The zero-order valence-corrected chi connectivity index (χ0v) is 15.3. The van der Waals surface area contributed by atoms with E-state index in [0.29, 0.717) is 6.61 Å². The summed E-state index contributed by atoms with van der Waals surface area (Å²) < 4.78 is 7.55. The number of rotatable bonds is 3. The molecule has 0 spiro atoms. The largest absolute Gasteiger partial charge is 0.493 e. The molecule has 26 heavy (non-hydrogen) atoms. The third-order valence-corrected chi connectivity index (χ3v) is 4.73. The molecule has 1 aliphatic rings. The van der Waals surface area contributed by atoms with Crippen LogP contribution in [0.2, 0.25) is 0 Å². The normalized spacial score (nSPS) is 15.7. The van der Waals surface area contributed by atoms with Crippen molar-refractivity contribution in [2.75, 3.05) is 11.9 Å². The second kappa shape index (κ2) is 6.88. The number of carboxylic acid groups (broad SMARTS) is 1. The highest BCUT2D eigenvalue weighted by atomic mass is 35.5. The number of carboxylic acids is 1. The number of aryl methyl sites for hydroxylation is 2. The average molecular weight is 374 g/mol. The molecule has 4 rings (SSSR count). The van der Waals surface area contributed by atoms with Crippen LogP contribution in [0.25, 0.3) is 5.65 Å². The van der Waals surface area contributed by atoms with Gasteiger partial charge in [-0.1, -0.05) is 18.2 Å². The van der Waals surface area contributed by atoms with Gasteiger partial charge in [-0.2, -0.15) is 0 Å². The Hall–Kier alpha value is -2.73. The Labute approximate surface area is 157 Å². The molecular weight excluding hydrogens is 354 g/mol. The number of carbonyl (C=O) groups is 1. The van der Waals surface area contributed by atoms with E-state index in [2.05, 4.69) is 10.3 Å². The molecule has 3 heterocycles. The Morgan fingerprint density at radius 2 is 2.12 bits per heavy atom. The fourth-order valence-corrected chi connectivity index (χ4v) is 3.27. The molecule has 6 nitrogen and oxygen atoms in total. The summed E-state index contributed by atoms with van der Waals surface area (Å²) in [6, 6.07) is 9.63. The highest BCUT2D eigenvalue weighted by Crippen LogP contribution is 2.35. The van der Waals surface area contributed by atoms with Crippen LogP contribution in [-0.4, -0.2) is 27.1 Å². The molecule has 7 heteroatoms. The van der Waals surface area contributed by atoms with Gasteiger partial charge in [0.25, 0.3) is 0 Å². The van der Waals surface area contributed by atoms with Crippen LogP contribution in [0.3, 0.4) is 0 Å². The van der Waals surface area contributed by atoms with Crippen LogP contribution in [0.4, 0.5) is 5.69 Å². The fraction of sp³-hybridized carbons (Fsp3) is 0.263. The van der Waals surface area contributed by atoms with Crippen LogP contribution >= 0.6 is 12.4 Å². The number of anilines is 1. The van der Waals surface area contributed by atoms with Gasteiger partial charge in [-0.25, -0.2) is 9.78 Å².